The molecule has 0 unspecified atom stereocenters. The van der Waals surface area contributed by atoms with Gasteiger partial charge in [0.2, 0.25) is 0 Å². The maximum absolute atomic E-state index is 10.9. The molecule has 0 radical (unpaired) electrons. The van der Waals surface area contributed by atoms with Gasteiger partial charge in [-0.3, -0.25) is 4.79 Å². The van der Waals surface area contributed by atoms with Crippen LogP contribution in [0.25, 0.3) is 0 Å². The van der Waals surface area contributed by atoms with Gasteiger partial charge in [0.05, 0.1) is 38.6 Å². The van der Waals surface area contributed by atoms with E-state index in [4.69, 9.17) is 24.1 Å². The number of hydrogen-bond donors (Lipinski definition) is 2. The van der Waals surface area contributed by atoms with Gasteiger partial charge >= 0.3 is 5.97 Å². The van der Waals surface area contributed by atoms with Crippen LogP contribution >= 0.6 is 0 Å². The van der Waals surface area contributed by atoms with Crippen LogP contribution in [0.3, 0.4) is 0 Å². The monoisotopic (exact) mass is 570 g/mol. The molecule has 1 aromatic carbocycles. The molecule has 1 fully saturated rings. The number of benzene rings is 1. The molecular formula is C34H50O7. The molecule has 7 heteroatoms. The molecule has 1 saturated heterocycles. The van der Waals surface area contributed by atoms with Gasteiger partial charge in [0.15, 0.2) is 5.79 Å². The van der Waals surface area contributed by atoms with Crippen molar-refractivity contribution >= 4 is 5.97 Å². The lowest BCUT2D eigenvalue weighted by molar-refractivity contribution is -0.315. The molecule has 2 rings (SSSR count). The summed E-state index contributed by atoms with van der Waals surface area (Å²) in [5, 5.41) is 19.7. The van der Waals surface area contributed by atoms with E-state index in [1.807, 2.05) is 95.3 Å². The van der Waals surface area contributed by atoms with E-state index in [9.17, 15) is 9.90 Å². The summed E-state index contributed by atoms with van der Waals surface area (Å²) >= 11 is 0. The summed E-state index contributed by atoms with van der Waals surface area (Å²) in [4.78, 5) is 10.9. The number of aliphatic carboxylic acids is 1. The van der Waals surface area contributed by atoms with Gasteiger partial charge in [-0.2, -0.15) is 0 Å². The Morgan fingerprint density at radius 3 is 2.39 bits per heavy atom. The van der Waals surface area contributed by atoms with E-state index in [1.165, 1.54) is 0 Å². The van der Waals surface area contributed by atoms with Gasteiger partial charge in [-0.1, -0.05) is 74.9 Å². The maximum atomic E-state index is 10.9. The lowest BCUT2D eigenvalue weighted by Crippen LogP contribution is -2.51. The first kappa shape index (κ1) is 34.5. The zero-order chi connectivity index (χ0) is 30.6. The van der Waals surface area contributed by atoms with E-state index in [1.54, 1.807) is 7.11 Å². The molecule has 0 bridgehead atoms. The fourth-order valence-electron chi connectivity index (χ4n) is 4.87. The zero-order valence-corrected chi connectivity index (χ0v) is 26.0. The van der Waals surface area contributed by atoms with Crippen LogP contribution in [-0.2, 0) is 25.6 Å². The zero-order valence-electron chi connectivity index (χ0n) is 26.0. The number of carboxylic acid groups (broad SMARTS) is 1. The second kappa shape index (κ2) is 16.7. The molecule has 0 aliphatic carbocycles. The molecule has 7 nitrogen and oxygen atoms in total. The summed E-state index contributed by atoms with van der Waals surface area (Å²) in [6, 6.07) is 7.77. The number of ether oxygens (including phenoxy) is 4. The van der Waals surface area contributed by atoms with E-state index in [0.717, 1.165) is 22.5 Å². The molecule has 6 atom stereocenters. The van der Waals surface area contributed by atoms with Crippen molar-refractivity contribution in [3.63, 3.8) is 0 Å². The van der Waals surface area contributed by atoms with Crippen molar-refractivity contribution in [2.24, 2.45) is 17.8 Å². The third kappa shape index (κ3) is 11.6. The summed E-state index contributed by atoms with van der Waals surface area (Å²) < 4.78 is 23.5. The van der Waals surface area contributed by atoms with Gasteiger partial charge in [0, 0.05) is 24.2 Å². The van der Waals surface area contributed by atoms with Gasteiger partial charge in [-0.15, -0.1) is 0 Å². The molecule has 0 aromatic heterocycles. The van der Waals surface area contributed by atoms with E-state index in [-0.39, 0.29) is 36.4 Å². The summed E-state index contributed by atoms with van der Waals surface area (Å²) in [6.45, 7) is 14.9. The number of allylic oxidation sites excluding steroid dienone is 3. The lowest BCUT2D eigenvalue weighted by atomic mass is 9.83. The van der Waals surface area contributed by atoms with Crippen molar-refractivity contribution in [2.75, 3.05) is 13.7 Å². The van der Waals surface area contributed by atoms with Gasteiger partial charge in [0.25, 0.3) is 0 Å². The SMILES string of the molecule is COc1ccc(COC/C=C(\C)[C@@H](O)[C@@H](C)/C=C\C=C/[C@@H]2OC(C)(C)O[C@@H]([C@@H](C)/C(C)=C/CCC(=O)O)[C@H]2C)cc1. The summed E-state index contributed by atoms with van der Waals surface area (Å²) in [7, 11) is 1.64. The average Bonchev–Trinajstić information content (AvgIpc) is 2.93. The van der Waals surface area contributed by atoms with Crippen LogP contribution in [0.4, 0.5) is 0 Å². The number of rotatable bonds is 15. The highest BCUT2D eigenvalue weighted by atomic mass is 16.7. The Balaban J connectivity index is 1.91. The van der Waals surface area contributed by atoms with Crippen LogP contribution in [0.5, 0.6) is 5.75 Å². The van der Waals surface area contributed by atoms with E-state index in [0.29, 0.717) is 19.6 Å². The van der Waals surface area contributed by atoms with Crippen molar-refractivity contribution in [1.82, 2.24) is 0 Å². The van der Waals surface area contributed by atoms with Crippen LogP contribution in [0.15, 0.2) is 71.9 Å². The Labute approximate surface area is 246 Å². The number of carbonyl (C=O) groups is 1. The molecule has 0 spiro atoms. The standard InChI is InChI=1S/C34H50O7/c1-23(13-11-15-31(35)36)26(4)33-27(5)30(40-34(6,7)41-33)14-10-9-12-24(2)32(37)25(3)20-21-39-22-28-16-18-29(38-8)19-17-28/h9-10,12-14,16-20,24,26-27,30,32-33,37H,11,15,21-22H2,1-8H3,(H,35,36)/b12-9-,14-10-,23-13+,25-20+/t24-,26-,27-,30-,32-,33-/m0/s1. The quantitative estimate of drug-likeness (QED) is 0.135. The summed E-state index contributed by atoms with van der Waals surface area (Å²) in [5.74, 6) is -0.578. The Bertz CT molecular complexity index is 1070. The molecule has 228 valence electrons. The minimum Gasteiger partial charge on any atom is -0.497 e. The summed E-state index contributed by atoms with van der Waals surface area (Å²) in [5.41, 5.74) is 3.06. The predicted molar refractivity (Wildman–Crippen MR) is 163 cm³/mol. The van der Waals surface area contributed by atoms with Crippen molar-refractivity contribution in [3.8, 4) is 5.75 Å². The minimum absolute atomic E-state index is 0.0704. The van der Waals surface area contributed by atoms with Crippen molar-refractivity contribution in [2.45, 2.75) is 92.0 Å². The van der Waals surface area contributed by atoms with E-state index in [2.05, 4.69) is 13.8 Å². The van der Waals surface area contributed by atoms with Crippen LogP contribution < -0.4 is 4.74 Å². The fraction of sp³-hybridized carbons (Fsp3) is 0.559. The smallest absolute Gasteiger partial charge is 0.303 e. The van der Waals surface area contributed by atoms with Crippen LogP contribution in [0.2, 0.25) is 0 Å². The molecule has 2 N–H and O–H groups in total. The molecule has 0 amide bonds. The molecule has 0 saturated carbocycles. The Kier molecular flexibility index (Phi) is 14.0. The van der Waals surface area contributed by atoms with Gasteiger partial charge < -0.3 is 29.2 Å². The first-order valence-corrected chi connectivity index (χ1v) is 14.5. The fourth-order valence-corrected chi connectivity index (χ4v) is 4.87. The highest BCUT2D eigenvalue weighted by Gasteiger charge is 2.42. The maximum Gasteiger partial charge on any atom is 0.303 e. The molecule has 1 heterocycles. The van der Waals surface area contributed by atoms with Crippen LogP contribution in [0.1, 0.15) is 66.9 Å². The third-order valence-electron chi connectivity index (χ3n) is 7.65. The highest BCUT2D eigenvalue weighted by Crippen LogP contribution is 2.37. The van der Waals surface area contributed by atoms with Crippen molar-refractivity contribution in [3.05, 3.63) is 77.4 Å². The first-order valence-electron chi connectivity index (χ1n) is 14.5. The lowest BCUT2D eigenvalue weighted by Gasteiger charge is -2.46. The third-order valence-corrected chi connectivity index (χ3v) is 7.65. The molecule has 41 heavy (non-hydrogen) atoms. The van der Waals surface area contributed by atoms with E-state index < -0.39 is 17.9 Å². The number of aliphatic hydroxyl groups excluding tert-OH is 1. The first-order chi connectivity index (χ1) is 19.3. The Hall–Kier alpha value is -2.71. The van der Waals surface area contributed by atoms with Crippen molar-refractivity contribution in [1.29, 1.82) is 0 Å². The number of aliphatic hydroxyl groups is 1. The number of hydrogen-bond acceptors (Lipinski definition) is 6. The topological polar surface area (TPSA) is 94.5 Å². The predicted octanol–water partition coefficient (Wildman–Crippen LogP) is 6.87. The van der Waals surface area contributed by atoms with E-state index >= 15 is 0 Å². The normalized spacial score (nSPS) is 24.0. The molecule has 1 aromatic rings. The average molecular weight is 571 g/mol. The minimum atomic E-state index is -0.792. The second-order valence-corrected chi connectivity index (χ2v) is 11.5. The van der Waals surface area contributed by atoms with Crippen LogP contribution in [0, 0.1) is 17.8 Å². The van der Waals surface area contributed by atoms with Gasteiger partial charge in [-0.25, -0.2) is 0 Å². The molecular weight excluding hydrogens is 520 g/mol. The number of methoxy groups -OCH3 is 1. The molecule has 1 aliphatic rings. The van der Waals surface area contributed by atoms with Gasteiger partial charge in [-0.05, 0) is 57.4 Å². The van der Waals surface area contributed by atoms with Gasteiger partial charge in [0.1, 0.15) is 5.75 Å². The number of carboxylic acids is 1. The Morgan fingerprint density at radius 2 is 1.76 bits per heavy atom. The van der Waals surface area contributed by atoms with Crippen LogP contribution in [-0.4, -0.2) is 54.0 Å². The molecule has 1 aliphatic heterocycles. The summed E-state index contributed by atoms with van der Waals surface area (Å²) in [6.07, 6.45) is 11.7. The second-order valence-electron chi connectivity index (χ2n) is 11.5. The van der Waals surface area contributed by atoms with Crippen molar-refractivity contribution < 1.29 is 34.0 Å². The largest absolute Gasteiger partial charge is 0.497 e. The Morgan fingerprint density at radius 1 is 1.07 bits per heavy atom. The highest BCUT2D eigenvalue weighted by molar-refractivity contribution is 5.66.